The van der Waals surface area contributed by atoms with Crippen molar-refractivity contribution in [1.29, 1.82) is 0 Å². The minimum atomic E-state index is -0.557. The summed E-state index contributed by atoms with van der Waals surface area (Å²) in [6.45, 7) is 3.48. The zero-order chi connectivity index (χ0) is 21.2. The molecule has 29 heavy (non-hydrogen) atoms. The van der Waals surface area contributed by atoms with Gasteiger partial charge in [0.2, 0.25) is 5.91 Å². The van der Waals surface area contributed by atoms with E-state index in [1.54, 1.807) is 11.8 Å². The fraction of sp³-hybridized carbons (Fsp3) is 0.526. The number of nitro benzene ring substituents is 1. The lowest BCUT2D eigenvalue weighted by atomic mass is 10.1. The van der Waals surface area contributed by atoms with Gasteiger partial charge in [-0.05, 0) is 32.3 Å². The third-order valence-electron chi connectivity index (χ3n) is 4.57. The summed E-state index contributed by atoms with van der Waals surface area (Å²) < 4.78 is 4.96. The van der Waals surface area contributed by atoms with E-state index < -0.39 is 10.8 Å². The number of carbonyl (C=O) groups is 3. The summed E-state index contributed by atoms with van der Waals surface area (Å²) in [4.78, 5) is 47.6. The number of non-ortho nitro benzene ring substituents is 1. The van der Waals surface area contributed by atoms with Gasteiger partial charge in [-0.2, -0.15) is 0 Å². The number of amides is 3. The van der Waals surface area contributed by atoms with Crippen LogP contribution in [0.15, 0.2) is 24.3 Å². The van der Waals surface area contributed by atoms with Crippen molar-refractivity contribution < 1.29 is 24.0 Å². The third kappa shape index (κ3) is 7.05. The van der Waals surface area contributed by atoms with Crippen molar-refractivity contribution in [2.75, 3.05) is 26.2 Å². The Morgan fingerprint density at radius 2 is 2.00 bits per heavy atom. The smallest absolute Gasteiger partial charge is 0.409 e. The predicted molar refractivity (Wildman–Crippen MR) is 104 cm³/mol. The van der Waals surface area contributed by atoms with Crippen LogP contribution in [-0.4, -0.2) is 60.0 Å². The average Bonchev–Trinajstić information content (AvgIpc) is 2.71. The molecule has 0 unspecified atom stereocenters. The summed E-state index contributed by atoms with van der Waals surface area (Å²) in [5.74, 6) is -0.523. The maximum absolute atomic E-state index is 12.1. The second-order valence-electron chi connectivity index (χ2n) is 6.69. The van der Waals surface area contributed by atoms with Gasteiger partial charge in [-0.15, -0.1) is 0 Å². The van der Waals surface area contributed by atoms with E-state index in [-0.39, 0.29) is 42.3 Å². The van der Waals surface area contributed by atoms with Gasteiger partial charge in [-0.25, -0.2) is 4.79 Å². The van der Waals surface area contributed by atoms with Crippen molar-refractivity contribution in [3.05, 3.63) is 39.9 Å². The Morgan fingerprint density at radius 1 is 1.28 bits per heavy atom. The van der Waals surface area contributed by atoms with Gasteiger partial charge in [0.05, 0.1) is 11.5 Å². The van der Waals surface area contributed by atoms with Crippen LogP contribution in [0.5, 0.6) is 0 Å². The molecule has 0 saturated carbocycles. The summed E-state index contributed by atoms with van der Waals surface area (Å²) >= 11 is 0. The topological polar surface area (TPSA) is 131 Å². The number of carbonyl (C=O) groups excluding carboxylic acids is 3. The van der Waals surface area contributed by atoms with E-state index in [0.29, 0.717) is 39.0 Å². The average molecular weight is 406 g/mol. The first-order valence-electron chi connectivity index (χ1n) is 9.64. The molecule has 0 aromatic heterocycles. The highest BCUT2D eigenvalue weighted by Gasteiger charge is 2.24. The quantitative estimate of drug-likeness (QED) is 0.385. The molecule has 0 spiro atoms. The second kappa shape index (κ2) is 11.0. The molecule has 1 saturated heterocycles. The summed E-state index contributed by atoms with van der Waals surface area (Å²) in [5.41, 5.74) is 0.0584. The van der Waals surface area contributed by atoms with Gasteiger partial charge in [-0.1, -0.05) is 6.07 Å². The van der Waals surface area contributed by atoms with E-state index in [4.69, 9.17) is 4.74 Å². The molecule has 0 radical (unpaired) electrons. The number of nitro groups is 1. The third-order valence-corrected chi connectivity index (χ3v) is 4.57. The SMILES string of the molecule is CCOC(=O)N1CCC(NC(=O)CCCNC(=O)c2cccc([N+](=O)[O-])c2)CC1. The molecule has 1 fully saturated rings. The molecule has 2 rings (SSSR count). The minimum absolute atomic E-state index is 0.0210. The minimum Gasteiger partial charge on any atom is -0.450 e. The van der Waals surface area contributed by atoms with Crippen molar-refractivity contribution in [2.45, 2.75) is 38.6 Å². The summed E-state index contributed by atoms with van der Waals surface area (Å²) in [6.07, 6.45) is 1.74. The maximum Gasteiger partial charge on any atom is 0.409 e. The van der Waals surface area contributed by atoms with Gasteiger partial charge in [0.25, 0.3) is 11.6 Å². The zero-order valence-electron chi connectivity index (χ0n) is 16.4. The molecule has 0 aliphatic carbocycles. The van der Waals surface area contributed by atoms with E-state index >= 15 is 0 Å². The van der Waals surface area contributed by atoms with Gasteiger partial charge in [-0.3, -0.25) is 19.7 Å². The lowest BCUT2D eigenvalue weighted by molar-refractivity contribution is -0.384. The van der Waals surface area contributed by atoms with Crippen molar-refractivity contribution >= 4 is 23.6 Å². The van der Waals surface area contributed by atoms with Crippen LogP contribution in [0.4, 0.5) is 10.5 Å². The fourth-order valence-electron chi connectivity index (χ4n) is 3.03. The predicted octanol–water partition coefficient (Wildman–Crippen LogP) is 1.84. The van der Waals surface area contributed by atoms with Crippen molar-refractivity contribution in [1.82, 2.24) is 15.5 Å². The van der Waals surface area contributed by atoms with Gasteiger partial charge in [0.1, 0.15) is 0 Å². The van der Waals surface area contributed by atoms with E-state index in [1.807, 2.05) is 0 Å². The van der Waals surface area contributed by atoms with E-state index in [9.17, 15) is 24.5 Å². The summed E-state index contributed by atoms with van der Waals surface area (Å²) in [6, 6.07) is 5.50. The Labute approximate surface area is 168 Å². The molecule has 1 aliphatic heterocycles. The van der Waals surface area contributed by atoms with Crippen LogP contribution in [0.25, 0.3) is 0 Å². The lowest BCUT2D eigenvalue weighted by Gasteiger charge is -2.31. The molecule has 0 atom stereocenters. The fourth-order valence-corrected chi connectivity index (χ4v) is 3.03. The Kier molecular flexibility index (Phi) is 8.38. The number of likely N-dealkylation sites (tertiary alicyclic amines) is 1. The second-order valence-corrected chi connectivity index (χ2v) is 6.69. The number of nitrogens with one attached hydrogen (secondary N) is 2. The number of rotatable bonds is 8. The van der Waals surface area contributed by atoms with Gasteiger partial charge in [0.15, 0.2) is 0 Å². The van der Waals surface area contributed by atoms with Crippen molar-refractivity contribution in [3.8, 4) is 0 Å². The molecular formula is C19H26N4O6. The van der Waals surface area contributed by atoms with Crippen LogP contribution in [0.1, 0.15) is 43.0 Å². The molecule has 158 valence electrons. The normalized spacial score (nSPS) is 14.2. The highest BCUT2D eigenvalue weighted by Crippen LogP contribution is 2.13. The van der Waals surface area contributed by atoms with E-state index in [2.05, 4.69) is 10.6 Å². The van der Waals surface area contributed by atoms with Crippen LogP contribution >= 0.6 is 0 Å². The monoisotopic (exact) mass is 406 g/mol. The largest absolute Gasteiger partial charge is 0.450 e. The van der Waals surface area contributed by atoms with Crippen LogP contribution < -0.4 is 10.6 Å². The first kappa shape index (κ1) is 22.1. The maximum atomic E-state index is 12.1. The van der Waals surface area contributed by atoms with E-state index in [0.717, 1.165) is 0 Å². The van der Waals surface area contributed by atoms with Gasteiger partial charge >= 0.3 is 6.09 Å². The molecule has 1 heterocycles. The molecular weight excluding hydrogens is 380 g/mol. The summed E-state index contributed by atoms with van der Waals surface area (Å²) in [5, 5.41) is 16.4. The lowest BCUT2D eigenvalue weighted by Crippen LogP contribution is -2.46. The molecule has 1 aromatic rings. The Balaban J connectivity index is 1.64. The number of nitrogens with zero attached hydrogens (tertiary/aromatic N) is 2. The first-order chi connectivity index (χ1) is 13.9. The zero-order valence-corrected chi connectivity index (χ0v) is 16.4. The van der Waals surface area contributed by atoms with Crippen molar-refractivity contribution in [2.24, 2.45) is 0 Å². The molecule has 3 amide bonds. The van der Waals surface area contributed by atoms with Crippen LogP contribution in [0.3, 0.4) is 0 Å². The van der Waals surface area contributed by atoms with Crippen LogP contribution in [0, 0.1) is 10.1 Å². The number of benzene rings is 1. The number of hydrogen-bond donors (Lipinski definition) is 2. The molecule has 1 aliphatic rings. The molecule has 10 heteroatoms. The Bertz CT molecular complexity index is 746. The summed E-state index contributed by atoms with van der Waals surface area (Å²) in [7, 11) is 0. The standard InChI is InChI=1S/C19H26N4O6/c1-2-29-19(26)22-11-8-15(9-12-22)21-17(24)7-4-10-20-18(25)14-5-3-6-16(13-14)23(27)28/h3,5-6,13,15H,2,4,7-12H2,1H3,(H,20,25)(H,21,24). The number of hydrogen-bond acceptors (Lipinski definition) is 6. The Morgan fingerprint density at radius 3 is 2.66 bits per heavy atom. The molecule has 2 N–H and O–H groups in total. The van der Waals surface area contributed by atoms with Gasteiger partial charge in [0, 0.05) is 49.8 Å². The molecule has 0 bridgehead atoms. The highest BCUT2D eigenvalue weighted by atomic mass is 16.6. The first-order valence-corrected chi connectivity index (χ1v) is 9.64. The number of ether oxygens (including phenoxy) is 1. The highest BCUT2D eigenvalue weighted by molar-refractivity contribution is 5.94. The number of piperidine rings is 1. The van der Waals surface area contributed by atoms with E-state index in [1.165, 1.54) is 24.3 Å². The molecule has 10 nitrogen and oxygen atoms in total. The molecule has 1 aromatic carbocycles. The Hall–Kier alpha value is -3.17. The van der Waals surface area contributed by atoms with Crippen LogP contribution in [0.2, 0.25) is 0 Å². The van der Waals surface area contributed by atoms with Crippen molar-refractivity contribution in [3.63, 3.8) is 0 Å². The van der Waals surface area contributed by atoms with Crippen LogP contribution in [-0.2, 0) is 9.53 Å². The van der Waals surface area contributed by atoms with Gasteiger partial charge < -0.3 is 20.3 Å².